The zero-order valence-corrected chi connectivity index (χ0v) is 15.3. The van der Waals surface area contributed by atoms with Crippen molar-refractivity contribution in [2.45, 2.75) is 45.1 Å². The fourth-order valence-corrected chi connectivity index (χ4v) is 6.09. The Hall–Kier alpha value is -2.29. The van der Waals surface area contributed by atoms with Gasteiger partial charge in [-0.1, -0.05) is 42.0 Å². The molecule has 0 unspecified atom stereocenters. The molecule has 26 heavy (non-hydrogen) atoms. The van der Waals surface area contributed by atoms with Crippen molar-refractivity contribution in [1.29, 1.82) is 0 Å². The summed E-state index contributed by atoms with van der Waals surface area (Å²) in [5.41, 5.74) is 6.16. The summed E-state index contributed by atoms with van der Waals surface area (Å²) in [6, 6.07) is 12.5. The number of fused-ring (bicyclic) bond motifs is 7. The lowest BCUT2D eigenvalue weighted by Gasteiger charge is -2.44. The zero-order chi connectivity index (χ0) is 18.0. The van der Waals surface area contributed by atoms with Crippen molar-refractivity contribution in [2.24, 2.45) is 17.8 Å². The number of benzene rings is 2. The highest BCUT2D eigenvalue weighted by atomic mass is 16.4. The van der Waals surface area contributed by atoms with Crippen LogP contribution in [0, 0.1) is 31.6 Å². The van der Waals surface area contributed by atoms with E-state index in [0.29, 0.717) is 23.3 Å². The smallest absolute Gasteiger partial charge is 0.0736 e. The Labute approximate surface area is 154 Å². The molecule has 0 radical (unpaired) electrons. The van der Waals surface area contributed by atoms with Crippen molar-refractivity contribution in [3.63, 3.8) is 0 Å². The van der Waals surface area contributed by atoms with Crippen LogP contribution >= 0.6 is 0 Å². The van der Waals surface area contributed by atoms with Gasteiger partial charge in [-0.05, 0) is 73.5 Å². The molecule has 1 N–H and O–H groups in total. The first-order valence-electron chi connectivity index (χ1n) is 9.72. The van der Waals surface area contributed by atoms with Gasteiger partial charge in [0.05, 0.1) is 12.0 Å². The number of hydrogen-bond acceptors (Lipinski definition) is 3. The van der Waals surface area contributed by atoms with Gasteiger partial charge >= 0.3 is 0 Å². The molecule has 2 saturated carbocycles. The van der Waals surface area contributed by atoms with Crippen molar-refractivity contribution in [3.05, 3.63) is 64.2 Å². The number of nitrogens with one attached hydrogen (secondary N) is 1. The zero-order valence-electron chi connectivity index (χ0n) is 15.3. The minimum absolute atomic E-state index is 0.184. The van der Waals surface area contributed by atoms with E-state index in [1.54, 1.807) is 6.07 Å². The van der Waals surface area contributed by atoms with Crippen LogP contribution < -0.4 is 10.4 Å². The van der Waals surface area contributed by atoms with Crippen molar-refractivity contribution in [3.8, 4) is 0 Å². The number of carbonyl (C=O) groups excluding carboxylic acids is 1. The lowest BCUT2D eigenvalue weighted by Crippen LogP contribution is -2.37. The number of para-hydroxylation sites is 1. The van der Waals surface area contributed by atoms with Gasteiger partial charge in [0, 0.05) is 11.3 Å². The Morgan fingerprint density at radius 2 is 1.88 bits per heavy atom. The van der Waals surface area contributed by atoms with E-state index in [9.17, 15) is 9.90 Å². The third-order valence-electron chi connectivity index (χ3n) is 7.11. The van der Waals surface area contributed by atoms with Crippen LogP contribution in [0.2, 0.25) is 0 Å². The molecular formula is C23H24NO2-. The Balaban J connectivity index is 1.70. The molecule has 1 heterocycles. The van der Waals surface area contributed by atoms with Crippen LogP contribution in [0.1, 0.15) is 63.8 Å². The first-order chi connectivity index (χ1) is 12.5. The fourth-order valence-electron chi connectivity index (χ4n) is 6.09. The summed E-state index contributed by atoms with van der Waals surface area (Å²) in [4.78, 5) is 11.7. The quantitative estimate of drug-likeness (QED) is 0.895. The van der Waals surface area contributed by atoms with Crippen molar-refractivity contribution in [1.82, 2.24) is 0 Å². The minimum Gasteiger partial charge on any atom is -0.545 e. The van der Waals surface area contributed by atoms with Gasteiger partial charge in [0.15, 0.2) is 0 Å². The molecule has 3 aliphatic rings. The Bertz CT molecular complexity index is 903. The molecule has 2 aromatic rings. The van der Waals surface area contributed by atoms with E-state index in [1.807, 2.05) is 6.07 Å². The second kappa shape index (κ2) is 5.60. The largest absolute Gasteiger partial charge is 0.545 e. The van der Waals surface area contributed by atoms with E-state index in [4.69, 9.17) is 0 Å². The van der Waals surface area contributed by atoms with Crippen LogP contribution in [-0.2, 0) is 0 Å². The van der Waals surface area contributed by atoms with Gasteiger partial charge in [-0.25, -0.2) is 0 Å². The topological polar surface area (TPSA) is 52.2 Å². The predicted molar refractivity (Wildman–Crippen MR) is 100 cm³/mol. The summed E-state index contributed by atoms with van der Waals surface area (Å²) in [5.74, 6) is 1.36. The number of aryl methyl sites for hydroxylation is 2. The Kier molecular flexibility index (Phi) is 3.43. The van der Waals surface area contributed by atoms with Crippen LogP contribution in [0.25, 0.3) is 0 Å². The van der Waals surface area contributed by atoms with Crippen molar-refractivity contribution in [2.75, 3.05) is 5.32 Å². The standard InChI is InChI=1S/C23H25NO2/c1-12-6-7-13(2)18(10-12)22-20-15-9-8-14(11-15)19(20)16-4-3-5-17(23(25)26)21(16)24-22/h3-7,10,14-15,19-20,22,24H,8-9,11H2,1-2H3,(H,25,26)/p-1/t14-,15+,19+,20-,22-/m0/s1. The molecular weight excluding hydrogens is 322 g/mol. The van der Waals surface area contributed by atoms with E-state index >= 15 is 0 Å². The second-order valence-electron chi connectivity index (χ2n) is 8.48. The van der Waals surface area contributed by atoms with E-state index in [2.05, 4.69) is 43.4 Å². The van der Waals surface area contributed by atoms with Crippen LogP contribution in [0.3, 0.4) is 0 Å². The molecule has 3 heteroatoms. The molecule has 0 aromatic heterocycles. The third kappa shape index (κ3) is 2.16. The van der Waals surface area contributed by atoms with E-state index in [1.165, 1.54) is 41.5 Å². The van der Waals surface area contributed by atoms with E-state index in [0.717, 1.165) is 11.6 Å². The molecule has 0 amide bonds. The highest BCUT2D eigenvalue weighted by Crippen LogP contribution is 2.64. The number of carboxylic acids is 1. The first kappa shape index (κ1) is 15.9. The second-order valence-corrected chi connectivity index (χ2v) is 8.48. The summed E-state index contributed by atoms with van der Waals surface area (Å²) >= 11 is 0. The van der Waals surface area contributed by atoms with Gasteiger partial charge < -0.3 is 15.2 Å². The maximum atomic E-state index is 11.7. The Morgan fingerprint density at radius 1 is 1.08 bits per heavy atom. The normalized spacial score (nSPS) is 31.2. The lowest BCUT2D eigenvalue weighted by molar-refractivity contribution is -0.254. The molecule has 0 saturated heterocycles. The average Bonchev–Trinajstić information content (AvgIpc) is 3.25. The number of aromatic carboxylic acids is 1. The van der Waals surface area contributed by atoms with Gasteiger partial charge in [0.2, 0.25) is 0 Å². The maximum Gasteiger partial charge on any atom is 0.0736 e. The molecule has 1 aliphatic heterocycles. The molecule has 0 spiro atoms. The number of rotatable bonds is 2. The van der Waals surface area contributed by atoms with E-state index in [-0.39, 0.29) is 6.04 Å². The lowest BCUT2D eigenvalue weighted by atomic mass is 9.67. The van der Waals surface area contributed by atoms with Gasteiger partial charge in [0.25, 0.3) is 0 Å². The monoisotopic (exact) mass is 346 g/mol. The van der Waals surface area contributed by atoms with Gasteiger partial charge in [0.1, 0.15) is 0 Å². The molecule has 134 valence electrons. The van der Waals surface area contributed by atoms with Crippen LogP contribution in [-0.4, -0.2) is 5.97 Å². The maximum absolute atomic E-state index is 11.7. The van der Waals surface area contributed by atoms with Crippen LogP contribution in [0.4, 0.5) is 5.69 Å². The summed E-state index contributed by atoms with van der Waals surface area (Å²) < 4.78 is 0. The molecule has 2 bridgehead atoms. The van der Waals surface area contributed by atoms with Crippen molar-refractivity contribution >= 4 is 11.7 Å². The number of carbonyl (C=O) groups is 1. The highest BCUT2D eigenvalue weighted by Gasteiger charge is 2.54. The molecule has 3 nitrogen and oxygen atoms in total. The van der Waals surface area contributed by atoms with Gasteiger partial charge in [-0.15, -0.1) is 0 Å². The minimum atomic E-state index is -1.09. The molecule has 2 aromatic carbocycles. The number of anilines is 1. The van der Waals surface area contributed by atoms with Crippen LogP contribution in [0.15, 0.2) is 36.4 Å². The van der Waals surface area contributed by atoms with Gasteiger partial charge in [-0.3, -0.25) is 0 Å². The van der Waals surface area contributed by atoms with Crippen molar-refractivity contribution < 1.29 is 9.90 Å². The predicted octanol–water partition coefficient (Wildman–Crippen LogP) is 3.96. The fraction of sp³-hybridized carbons (Fsp3) is 0.435. The molecule has 2 fully saturated rings. The summed E-state index contributed by atoms with van der Waals surface area (Å²) in [6.45, 7) is 4.30. The molecule has 2 aliphatic carbocycles. The number of hydrogen-bond donors (Lipinski definition) is 1. The summed E-state index contributed by atoms with van der Waals surface area (Å²) in [6.07, 6.45) is 3.87. The summed E-state index contributed by atoms with van der Waals surface area (Å²) in [7, 11) is 0. The van der Waals surface area contributed by atoms with Crippen LogP contribution in [0.5, 0.6) is 0 Å². The molecule has 5 rings (SSSR count). The Morgan fingerprint density at radius 3 is 2.69 bits per heavy atom. The molecule has 5 atom stereocenters. The summed E-state index contributed by atoms with van der Waals surface area (Å²) in [5, 5.41) is 15.4. The first-order valence-corrected chi connectivity index (χ1v) is 9.72. The van der Waals surface area contributed by atoms with Gasteiger partial charge in [-0.2, -0.15) is 0 Å². The average molecular weight is 346 g/mol. The number of carboxylic acid groups (broad SMARTS) is 1. The van der Waals surface area contributed by atoms with E-state index < -0.39 is 5.97 Å². The highest BCUT2D eigenvalue weighted by molar-refractivity contribution is 5.94. The third-order valence-corrected chi connectivity index (χ3v) is 7.11. The SMILES string of the molecule is Cc1ccc(C)c([C@@H]2Nc3c(C(=O)[O-])cccc3[C@H]3[C@H]4CC[C@H](C4)[C@@H]32)c1.